The zero-order valence-electron chi connectivity index (χ0n) is 14.7. The third kappa shape index (κ3) is 2.50. The van der Waals surface area contributed by atoms with E-state index in [1.54, 1.807) is 6.07 Å². The highest BCUT2D eigenvalue weighted by Crippen LogP contribution is 2.42. The summed E-state index contributed by atoms with van der Waals surface area (Å²) in [5.41, 5.74) is 6.46. The highest BCUT2D eigenvalue weighted by Gasteiger charge is 2.22. The van der Waals surface area contributed by atoms with Gasteiger partial charge in [0.1, 0.15) is 22.4 Å². The molecule has 0 unspecified atom stereocenters. The van der Waals surface area contributed by atoms with E-state index in [1.165, 1.54) is 32.4 Å². The van der Waals surface area contributed by atoms with Crippen molar-refractivity contribution < 1.29 is 18.3 Å². The molecule has 4 aromatic rings. The molecule has 2 aromatic carbocycles. The van der Waals surface area contributed by atoms with Crippen LogP contribution in [0, 0.1) is 23.0 Å². The van der Waals surface area contributed by atoms with E-state index in [9.17, 15) is 9.65 Å². The summed E-state index contributed by atoms with van der Waals surface area (Å²) in [6, 6.07) is 7.68. The molecule has 2 heterocycles. The van der Waals surface area contributed by atoms with E-state index in [4.69, 9.17) is 15.2 Å². The summed E-state index contributed by atoms with van der Waals surface area (Å²) in [7, 11) is 2.77. The minimum absolute atomic E-state index is 0.0135. The lowest BCUT2D eigenvalue weighted by atomic mass is 9.97. The number of rotatable bonds is 3. The average molecular weight is 398 g/mol. The fraction of sp³-hybridized carbons (Fsp3) is 0.105. The van der Waals surface area contributed by atoms with Gasteiger partial charge in [-0.2, -0.15) is 15.2 Å². The summed E-state index contributed by atoms with van der Waals surface area (Å²) in [5.74, 6) is -1.03. The largest absolute Gasteiger partial charge is 0.480 e. The first-order valence-electron chi connectivity index (χ1n) is 7.99. The highest BCUT2D eigenvalue weighted by molar-refractivity contribution is 7.23. The Hall–Kier alpha value is -3.51. The lowest BCUT2D eigenvalue weighted by molar-refractivity contribution is 0.356. The first-order chi connectivity index (χ1) is 13.5. The topological polar surface area (TPSA) is 94.0 Å². The van der Waals surface area contributed by atoms with Crippen LogP contribution in [-0.4, -0.2) is 24.2 Å². The molecule has 4 rings (SSSR count). The Bertz CT molecular complexity index is 1300. The van der Waals surface area contributed by atoms with E-state index in [0.29, 0.717) is 10.9 Å². The number of methoxy groups -OCH3 is 2. The molecule has 28 heavy (non-hydrogen) atoms. The minimum Gasteiger partial charge on any atom is -0.480 e. The number of fused-ring (bicyclic) bond motifs is 2. The van der Waals surface area contributed by atoms with Crippen molar-refractivity contribution in [1.82, 2.24) is 9.97 Å². The second-order valence-corrected chi connectivity index (χ2v) is 6.85. The van der Waals surface area contributed by atoms with Gasteiger partial charge >= 0.3 is 6.01 Å². The molecule has 9 heteroatoms. The predicted octanol–water partition coefficient (Wildman–Crippen LogP) is 4.26. The van der Waals surface area contributed by atoms with E-state index < -0.39 is 11.6 Å². The zero-order chi connectivity index (χ0) is 20.0. The lowest BCUT2D eigenvalue weighted by Gasteiger charge is -2.11. The second kappa shape index (κ2) is 6.58. The van der Waals surface area contributed by atoms with Crippen LogP contribution in [0.4, 0.5) is 13.8 Å². The number of hydrogen-bond acceptors (Lipinski definition) is 7. The summed E-state index contributed by atoms with van der Waals surface area (Å²) < 4.78 is 40.1. The van der Waals surface area contributed by atoms with Crippen LogP contribution in [0.3, 0.4) is 0 Å². The van der Waals surface area contributed by atoms with Crippen LogP contribution in [0.5, 0.6) is 11.9 Å². The molecule has 6 nitrogen and oxygen atoms in total. The molecule has 0 saturated heterocycles. The second-order valence-electron chi connectivity index (χ2n) is 5.80. The monoisotopic (exact) mass is 398 g/mol. The first-order valence-corrected chi connectivity index (χ1v) is 8.81. The van der Waals surface area contributed by atoms with Crippen LogP contribution in [0.25, 0.3) is 32.1 Å². The molecule has 0 aliphatic carbocycles. The number of nitriles is 1. The van der Waals surface area contributed by atoms with Crippen molar-refractivity contribution in [2.45, 2.75) is 0 Å². The summed E-state index contributed by atoms with van der Waals surface area (Å²) in [6.45, 7) is 0. The number of aromatic nitrogens is 2. The molecule has 0 fully saturated rings. The number of nitrogens with two attached hydrogens (primary N) is 1. The van der Waals surface area contributed by atoms with Gasteiger partial charge in [0.15, 0.2) is 5.82 Å². The van der Waals surface area contributed by atoms with Crippen molar-refractivity contribution in [1.29, 1.82) is 5.26 Å². The minimum atomic E-state index is -0.668. The van der Waals surface area contributed by atoms with E-state index >= 15 is 4.39 Å². The van der Waals surface area contributed by atoms with Gasteiger partial charge in [-0.15, -0.1) is 11.3 Å². The molecule has 0 radical (unpaired) electrons. The van der Waals surface area contributed by atoms with Gasteiger partial charge in [0.25, 0.3) is 0 Å². The van der Waals surface area contributed by atoms with Gasteiger partial charge in [-0.1, -0.05) is 12.1 Å². The maximum absolute atomic E-state index is 15.5. The molecule has 0 saturated carbocycles. The molecular weight excluding hydrogens is 386 g/mol. The van der Waals surface area contributed by atoms with Crippen molar-refractivity contribution in [3.8, 4) is 29.1 Å². The molecule has 0 atom stereocenters. The SMILES string of the molecule is COc1nc(OC)c2ccc(-c3ccc(F)c4sc(N)c(C#N)c34)c(F)c2n1. The Labute approximate surface area is 161 Å². The van der Waals surface area contributed by atoms with Crippen molar-refractivity contribution in [2.75, 3.05) is 20.0 Å². The zero-order valence-corrected chi connectivity index (χ0v) is 15.5. The summed E-state index contributed by atoms with van der Waals surface area (Å²) in [6.07, 6.45) is 0. The quantitative estimate of drug-likeness (QED) is 0.554. The summed E-state index contributed by atoms with van der Waals surface area (Å²) in [4.78, 5) is 8.13. The molecule has 0 amide bonds. The Kier molecular flexibility index (Phi) is 4.20. The van der Waals surface area contributed by atoms with E-state index in [-0.39, 0.29) is 43.6 Å². The van der Waals surface area contributed by atoms with Crippen LogP contribution < -0.4 is 15.2 Å². The number of hydrogen-bond donors (Lipinski definition) is 1. The van der Waals surface area contributed by atoms with Gasteiger partial charge in [-0.25, -0.2) is 8.78 Å². The maximum Gasteiger partial charge on any atom is 0.320 e. The molecule has 2 N–H and O–H groups in total. The molecule has 0 spiro atoms. The number of ether oxygens (including phenoxy) is 2. The number of nitrogens with zero attached hydrogens (tertiary/aromatic N) is 3. The molecule has 140 valence electrons. The van der Waals surface area contributed by atoms with E-state index in [2.05, 4.69) is 9.97 Å². The number of benzene rings is 2. The molecule has 2 aromatic heterocycles. The lowest BCUT2D eigenvalue weighted by Crippen LogP contribution is -1.99. The third-order valence-electron chi connectivity index (χ3n) is 4.35. The Morgan fingerprint density at radius 3 is 2.50 bits per heavy atom. The van der Waals surface area contributed by atoms with Gasteiger partial charge in [0.2, 0.25) is 5.88 Å². The van der Waals surface area contributed by atoms with Gasteiger partial charge in [0, 0.05) is 10.9 Å². The highest BCUT2D eigenvalue weighted by atomic mass is 32.1. The number of thiophene rings is 1. The van der Waals surface area contributed by atoms with E-state index in [1.807, 2.05) is 6.07 Å². The summed E-state index contributed by atoms with van der Waals surface area (Å²) >= 11 is 0.953. The standard InChI is InChI=1S/C19H12F2N4O2S/c1-26-18-10-4-3-9(14(21)15(10)24-19(25-18)27-2)8-5-6-12(20)16-13(8)11(7-22)17(23)28-16/h3-6H,23H2,1-2H3. The Morgan fingerprint density at radius 1 is 1.07 bits per heavy atom. The van der Waals surface area contributed by atoms with Crippen molar-refractivity contribution in [3.05, 3.63) is 41.5 Å². The predicted molar refractivity (Wildman–Crippen MR) is 103 cm³/mol. The van der Waals surface area contributed by atoms with Gasteiger partial charge < -0.3 is 15.2 Å². The molecule has 0 bridgehead atoms. The molecule has 0 aliphatic heterocycles. The van der Waals surface area contributed by atoms with Crippen molar-refractivity contribution in [3.63, 3.8) is 0 Å². The average Bonchev–Trinajstić information content (AvgIpc) is 3.05. The van der Waals surface area contributed by atoms with Crippen molar-refractivity contribution in [2.24, 2.45) is 0 Å². The molecule has 0 aliphatic rings. The van der Waals surface area contributed by atoms with Crippen LogP contribution >= 0.6 is 11.3 Å². The van der Waals surface area contributed by atoms with Crippen LogP contribution in [0.15, 0.2) is 24.3 Å². The Balaban J connectivity index is 2.10. The van der Waals surface area contributed by atoms with Gasteiger partial charge in [-0.05, 0) is 17.7 Å². The van der Waals surface area contributed by atoms with Crippen LogP contribution in [0.2, 0.25) is 0 Å². The van der Waals surface area contributed by atoms with E-state index in [0.717, 1.165) is 11.3 Å². The number of halogens is 2. The third-order valence-corrected chi connectivity index (χ3v) is 5.37. The number of nitrogen functional groups attached to an aromatic ring is 1. The summed E-state index contributed by atoms with van der Waals surface area (Å²) in [5, 5.41) is 10.3. The fourth-order valence-electron chi connectivity index (χ4n) is 3.09. The maximum atomic E-state index is 15.5. The Morgan fingerprint density at radius 2 is 1.82 bits per heavy atom. The first kappa shape index (κ1) is 17.9. The van der Waals surface area contributed by atoms with Gasteiger partial charge in [0.05, 0.1) is 29.9 Å². The fourth-order valence-corrected chi connectivity index (χ4v) is 4.04. The molecular formula is C19H12F2N4O2S. The van der Waals surface area contributed by atoms with Crippen LogP contribution in [0.1, 0.15) is 5.56 Å². The normalized spacial score (nSPS) is 11.0. The number of anilines is 1. The van der Waals surface area contributed by atoms with Crippen molar-refractivity contribution >= 4 is 37.3 Å². The smallest absolute Gasteiger partial charge is 0.320 e. The van der Waals surface area contributed by atoms with Gasteiger partial charge in [-0.3, -0.25) is 0 Å². The van der Waals surface area contributed by atoms with Crippen LogP contribution in [-0.2, 0) is 0 Å².